The van der Waals surface area contributed by atoms with Crippen molar-refractivity contribution < 1.29 is 9.53 Å². The van der Waals surface area contributed by atoms with E-state index >= 15 is 0 Å². The van der Waals surface area contributed by atoms with E-state index < -0.39 is 0 Å². The van der Waals surface area contributed by atoms with Crippen LogP contribution in [-0.4, -0.2) is 19.1 Å². The summed E-state index contributed by atoms with van der Waals surface area (Å²) in [4.78, 5) is 13.6. The summed E-state index contributed by atoms with van der Waals surface area (Å²) < 4.78 is 5.78. The van der Waals surface area contributed by atoms with Crippen molar-refractivity contribution in [1.82, 2.24) is 0 Å². The largest absolute Gasteiger partial charge is 0.486 e. The molecule has 1 heterocycles. The van der Waals surface area contributed by atoms with Gasteiger partial charge in [0, 0.05) is 7.05 Å². The maximum Gasteiger partial charge on any atom is 0.230 e. The number of ether oxygens (including phenoxy) is 1. The predicted octanol–water partition coefficient (Wildman–Crippen LogP) is 2.53. The van der Waals surface area contributed by atoms with Gasteiger partial charge in [-0.3, -0.25) is 4.79 Å². The Labute approximate surface area is 108 Å². The molecule has 0 saturated heterocycles. The van der Waals surface area contributed by atoms with Gasteiger partial charge in [0.1, 0.15) is 6.10 Å². The average molecular weight is 248 g/mol. The molecule has 0 spiro atoms. The van der Waals surface area contributed by atoms with Crippen molar-refractivity contribution in [1.29, 1.82) is 0 Å². The van der Waals surface area contributed by atoms with Crippen molar-refractivity contribution >= 4 is 17.3 Å². The standard InChI is InChI=1S/C14H20N2O2/c1-8(2)10-6-11(15)14-12(7-10)16(4)13(17)5-9(3)18-14/h6-9H,5,15H2,1-4H3. The van der Waals surface area contributed by atoms with Crippen molar-refractivity contribution in [2.45, 2.75) is 39.2 Å². The molecule has 4 nitrogen and oxygen atoms in total. The van der Waals surface area contributed by atoms with Gasteiger partial charge in [0.25, 0.3) is 0 Å². The maximum atomic E-state index is 12.0. The number of nitrogen functional groups attached to an aromatic ring is 1. The number of nitrogens with two attached hydrogens (primary N) is 1. The highest BCUT2D eigenvalue weighted by Crippen LogP contribution is 2.39. The lowest BCUT2D eigenvalue weighted by Crippen LogP contribution is -2.27. The first kappa shape index (κ1) is 12.7. The van der Waals surface area contributed by atoms with Gasteiger partial charge in [-0.05, 0) is 30.5 Å². The summed E-state index contributed by atoms with van der Waals surface area (Å²) in [6.07, 6.45) is 0.232. The van der Waals surface area contributed by atoms with E-state index in [0.29, 0.717) is 23.8 Å². The number of nitrogens with zero attached hydrogens (tertiary/aromatic N) is 1. The fourth-order valence-electron chi connectivity index (χ4n) is 2.13. The van der Waals surface area contributed by atoms with Gasteiger partial charge in [-0.2, -0.15) is 0 Å². The second-order valence-electron chi connectivity index (χ2n) is 5.20. The summed E-state index contributed by atoms with van der Waals surface area (Å²) in [5.41, 5.74) is 8.54. The van der Waals surface area contributed by atoms with Crippen molar-refractivity contribution in [3.8, 4) is 5.75 Å². The molecule has 4 heteroatoms. The molecule has 0 saturated carbocycles. The molecule has 1 unspecified atom stereocenters. The Morgan fingerprint density at radius 3 is 2.72 bits per heavy atom. The topological polar surface area (TPSA) is 55.6 Å². The van der Waals surface area contributed by atoms with E-state index in [4.69, 9.17) is 10.5 Å². The number of hydrogen-bond acceptors (Lipinski definition) is 3. The van der Waals surface area contributed by atoms with E-state index in [1.165, 1.54) is 0 Å². The molecule has 1 aromatic rings. The third kappa shape index (κ3) is 2.15. The Bertz CT molecular complexity index is 483. The lowest BCUT2D eigenvalue weighted by atomic mass is 10.0. The van der Waals surface area contributed by atoms with Gasteiger partial charge in [0.05, 0.1) is 17.8 Å². The van der Waals surface area contributed by atoms with Crippen LogP contribution in [0.3, 0.4) is 0 Å². The highest BCUT2D eigenvalue weighted by atomic mass is 16.5. The van der Waals surface area contributed by atoms with Crippen LogP contribution in [0.1, 0.15) is 38.7 Å². The monoisotopic (exact) mass is 248 g/mol. The summed E-state index contributed by atoms with van der Waals surface area (Å²) >= 11 is 0. The van der Waals surface area contributed by atoms with Crippen molar-refractivity contribution in [2.24, 2.45) is 0 Å². The first-order chi connectivity index (χ1) is 8.40. The minimum atomic E-state index is -0.145. The SMILES string of the molecule is CC1CC(=O)N(C)c2cc(C(C)C)cc(N)c2O1. The van der Waals surface area contributed by atoms with Gasteiger partial charge in [-0.15, -0.1) is 0 Å². The van der Waals surface area contributed by atoms with Gasteiger partial charge in [-0.1, -0.05) is 13.8 Å². The number of hydrogen-bond donors (Lipinski definition) is 1. The molecule has 0 radical (unpaired) electrons. The van der Waals surface area contributed by atoms with E-state index in [0.717, 1.165) is 11.3 Å². The zero-order chi connectivity index (χ0) is 13.4. The molecule has 18 heavy (non-hydrogen) atoms. The van der Waals surface area contributed by atoms with Gasteiger partial charge in [-0.25, -0.2) is 0 Å². The molecule has 98 valence electrons. The van der Waals surface area contributed by atoms with Crippen LogP contribution in [0.25, 0.3) is 0 Å². The lowest BCUT2D eigenvalue weighted by Gasteiger charge is -2.20. The summed E-state index contributed by atoms with van der Waals surface area (Å²) in [6, 6.07) is 3.92. The first-order valence-electron chi connectivity index (χ1n) is 6.26. The van der Waals surface area contributed by atoms with Gasteiger partial charge in [0.15, 0.2) is 5.75 Å². The normalized spacial score (nSPS) is 19.5. The smallest absolute Gasteiger partial charge is 0.230 e. The Morgan fingerprint density at radius 2 is 2.11 bits per heavy atom. The van der Waals surface area contributed by atoms with Crippen LogP contribution in [0.4, 0.5) is 11.4 Å². The van der Waals surface area contributed by atoms with Gasteiger partial charge < -0.3 is 15.4 Å². The number of carbonyl (C=O) groups excluding carboxylic acids is 1. The number of carbonyl (C=O) groups is 1. The Morgan fingerprint density at radius 1 is 1.44 bits per heavy atom. The third-order valence-corrected chi connectivity index (χ3v) is 3.30. The molecule has 0 aliphatic carbocycles. The number of anilines is 2. The van der Waals surface area contributed by atoms with Crippen LogP contribution in [0, 0.1) is 0 Å². The molecular formula is C14H20N2O2. The van der Waals surface area contributed by atoms with Gasteiger partial charge >= 0.3 is 0 Å². The summed E-state index contributed by atoms with van der Waals surface area (Å²) in [7, 11) is 1.77. The highest BCUT2D eigenvalue weighted by molar-refractivity contribution is 5.96. The number of rotatable bonds is 1. The van der Waals surface area contributed by atoms with E-state index in [-0.39, 0.29) is 12.0 Å². The molecular weight excluding hydrogens is 228 g/mol. The molecule has 1 amide bonds. The lowest BCUT2D eigenvalue weighted by molar-refractivity contribution is -0.119. The van der Waals surface area contributed by atoms with Crippen molar-refractivity contribution in [3.05, 3.63) is 17.7 Å². The highest BCUT2D eigenvalue weighted by Gasteiger charge is 2.26. The summed E-state index contributed by atoms with van der Waals surface area (Å²) in [6.45, 7) is 6.09. The van der Waals surface area contributed by atoms with E-state index in [1.807, 2.05) is 19.1 Å². The number of benzene rings is 1. The number of fused-ring (bicyclic) bond motifs is 1. The quantitative estimate of drug-likeness (QED) is 0.777. The predicted molar refractivity (Wildman–Crippen MR) is 73.1 cm³/mol. The number of amides is 1. The van der Waals surface area contributed by atoms with E-state index in [2.05, 4.69) is 13.8 Å². The maximum absolute atomic E-state index is 12.0. The molecule has 1 atom stereocenters. The molecule has 0 fully saturated rings. The van der Waals surface area contributed by atoms with Crippen LogP contribution in [0.5, 0.6) is 5.75 Å². The molecule has 1 aliphatic rings. The molecule has 0 bridgehead atoms. The van der Waals surface area contributed by atoms with Crippen LogP contribution >= 0.6 is 0 Å². The summed E-state index contributed by atoms with van der Waals surface area (Å²) in [5.74, 6) is 1.04. The van der Waals surface area contributed by atoms with Crippen LogP contribution in [-0.2, 0) is 4.79 Å². The first-order valence-corrected chi connectivity index (χ1v) is 6.26. The minimum absolute atomic E-state index is 0.0570. The average Bonchev–Trinajstić information content (AvgIpc) is 2.39. The fourth-order valence-corrected chi connectivity index (χ4v) is 2.13. The van der Waals surface area contributed by atoms with Crippen LogP contribution < -0.4 is 15.4 Å². The fraction of sp³-hybridized carbons (Fsp3) is 0.500. The van der Waals surface area contributed by atoms with Crippen LogP contribution in [0.2, 0.25) is 0 Å². The van der Waals surface area contributed by atoms with E-state index in [9.17, 15) is 4.79 Å². The zero-order valence-corrected chi connectivity index (χ0v) is 11.4. The Balaban J connectivity index is 2.58. The van der Waals surface area contributed by atoms with Crippen molar-refractivity contribution in [3.63, 3.8) is 0 Å². The molecule has 1 aliphatic heterocycles. The van der Waals surface area contributed by atoms with Crippen molar-refractivity contribution in [2.75, 3.05) is 17.7 Å². The Kier molecular flexibility index (Phi) is 3.20. The Hall–Kier alpha value is -1.71. The molecule has 1 aromatic carbocycles. The minimum Gasteiger partial charge on any atom is -0.486 e. The van der Waals surface area contributed by atoms with Gasteiger partial charge in [0.2, 0.25) is 5.91 Å². The molecule has 2 rings (SSSR count). The molecule has 0 aromatic heterocycles. The second kappa shape index (κ2) is 4.52. The zero-order valence-electron chi connectivity index (χ0n) is 11.4. The third-order valence-electron chi connectivity index (χ3n) is 3.30. The second-order valence-corrected chi connectivity index (χ2v) is 5.20. The summed E-state index contributed by atoms with van der Waals surface area (Å²) in [5, 5.41) is 0. The van der Waals surface area contributed by atoms with E-state index in [1.54, 1.807) is 11.9 Å². The molecule has 2 N–H and O–H groups in total. The van der Waals surface area contributed by atoms with Crippen LogP contribution in [0.15, 0.2) is 12.1 Å².